The van der Waals surface area contributed by atoms with Gasteiger partial charge in [-0.15, -0.1) is 0 Å². The van der Waals surface area contributed by atoms with Crippen molar-refractivity contribution in [2.75, 3.05) is 0 Å². The van der Waals surface area contributed by atoms with Crippen LogP contribution in [0, 0.1) is 0 Å². The van der Waals surface area contributed by atoms with Gasteiger partial charge in [0, 0.05) is 0 Å². The first-order chi connectivity index (χ1) is 7.89. The van der Waals surface area contributed by atoms with Gasteiger partial charge in [0.2, 0.25) is 0 Å². The molecule has 0 aromatic heterocycles. The van der Waals surface area contributed by atoms with Crippen LogP contribution in [0.4, 0.5) is 13.2 Å². The number of guanidine groups is 1. The Labute approximate surface area is 97.5 Å². The summed E-state index contributed by atoms with van der Waals surface area (Å²) in [7, 11) is 0. The van der Waals surface area contributed by atoms with E-state index in [0.717, 1.165) is 12.5 Å². The average molecular weight is 245 g/mol. The number of hydrogen-bond donors (Lipinski definition) is 2. The molecule has 17 heavy (non-hydrogen) atoms. The molecule has 0 saturated carbocycles. The standard InChI is InChI=1S/C11H14F3N3/c1-8(11(12,13)14)17-10(15)16-7-9-5-3-2-4-6-9/h2-6,8H,7H2,1H3,(H3,15,16,17). The van der Waals surface area contributed by atoms with Crippen LogP contribution in [0.25, 0.3) is 0 Å². The normalized spacial score (nSPS) is 14.5. The number of nitrogens with one attached hydrogen (secondary N) is 1. The first kappa shape index (κ1) is 13.3. The molecule has 3 nitrogen and oxygen atoms in total. The van der Waals surface area contributed by atoms with Crippen LogP contribution in [0.5, 0.6) is 0 Å². The minimum absolute atomic E-state index is 0.210. The Bertz CT molecular complexity index is 373. The van der Waals surface area contributed by atoms with Crippen LogP contribution in [0.3, 0.4) is 0 Å². The van der Waals surface area contributed by atoms with E-state index in [1.165, 1.54) is 0 Å². The lowest BCUT2D eigenvalue weighted by Crippen LogP contribution is -2.46. The zero-order valence-corrected chi connectivity index (χ0v) is 9.33. The molecule has 0 saturated heterocycles. The second-order valence-corrected chi connectivity index (χ2v) is 3.59. The predicted octanol–water partition coefficient (Wildman–Crippen LogP) is 2.04. The molecular weight excluding hydrogens is 231 g/mol. The summed E-state index contributed by atoms with van der Waals surface area (Å²) in [4.78, 5) is 3.83. The summed E-state index contributed by atoms with van der Waals surface area (Å²) in [5, 5.41) is 2.09. The van der Waals surface area contributed by atoms with E-state index in [2.05, 4.69) is 10.3 Å². The molecule has 0 aliphatic carbocycles. The molecule has 0 amide bonds. The highest BCUT2D eigenvalue weighted by Crippen LogP contribution is 2.19. The van der Waals surface area contributed by atoms with Crippen molar-refractivity contribution >= 4 is 5.96 Å². The summed E-state index contributed by atoms with van der Waals surface area (Å²) < 4.78 is 36.6. The van der Waals surface area contributed by atoms with E-state index in [1.54, 1.807) is 0 Å². The number of alkyl halides is 3. The number of nitrogens with two attached hydrogens (primary N) is 1. The molecule has 6 heteroatoms. The van der Waals surface area contributed by atoms with Crippen molar-refractivity contribution in [3.8, 4) is 0 Å². The summed E-state index contributed by atoms with van der Waals surface area (Å²) >= 11 is 0. The van der Waals surface area contributed by atoms with Gasteiger partial charge in [0.25, 0.3) is 0 Å². The Balaban J connectivity index is 2.51. The molecule has 94 valence electrons. The Morgan fingerprint density at radius 1 is 1.35 bits per heavy atom. The Morgan fingerprint density at radius 3 is 2.47 bits per heavy atom. The van der Waals surface area contributed by atoms with Gasteiger partial charge in [0.15, 0.2) is 5.96 Å². The lowest BCUT2D eigenvalue weighted by molar-refractivity contribution is -0.147. The summed E-state index contributed by atoms with van der Waals surface area (Å²) in [5.41, 5.74) is 6.24. The number of rotatable bonds is 3. The van der Waals surface area contributed by atoms with Gasteiger partial charge in [-0.2, -0.15) is 13.2 Å². The van der Waals surface area contributed by atoms with Gasteiger partial charge in [0.1, 0.15) is 6.04 Å². The van der Waals surface area contributed by atoms with Gasteiger partial charge in [-0.05, 0) is 12.5 Å². The van der Waals surface area contributed by atoms with Crippen LogP contribution in [0.15, 0.2) is 35.3 Å². The highest BCUT2D eigenvalue weighted by Gasteiger charge is 2.36. The molecule has 3 N–H and O–H groups in total. The average Bonchev–Trinajstić information content (AvgIpc) is 2.26. The van der Waals surface area contributed by atoms with Crippen molar-refractivity contribution in [1.82, 2.24) is 5.32 Å². The monoisotopic (exact) mass is 245 g/mol. The maximum atomic E-state index is 12.2. The van der Waals surface area contributed by atoms with E-state index in [-0.39, 0.29) is 12.5 Å². The van der Waals surface area contributed by atoms with Crippen molar-refractivity contribution in [3.05, 3.63) is 35.9 Å². The van der Waals surface area contributed by atoms with E-state index in [1.807, 2.05) is 30.3 Å². The quantitative estimate of drug-likeness (QED) is 0.632. The predicted molar refractivity (Wildman–Crippen MR) is 60.4 cm³/mol. The topological polar surface area (TPSA) is 50.4 Å². The van der Waals surface area contributed by atoms with Crippen LogP contribution >= 0.6 is 0 Å². The third kappa shape index (κ3) is 4.76. The Morgan fingerprint density at radius 2 is 1.94 bits per heavy atom. The fourth-order valence-electron chi connectivity index (χ4n) is 1.11. The van der Waals surface area contributed by atoms with Crippen LogP contribution in [0.2, 0.25) is 0 Å². The van der Waals surface area contributed by atoms with E-state index < -0.39 is 12.2 Å². The molecule has 1 rings (SSSR count). The summed E-state index contributed by atoms with van der Waals surface area (Å²) in [6, 6.07) is 7.44. The molecule has 0 aliphatic heterocycles. The number of aliphatic imine (C=N–C) groups is 1. The van der Waals surface area contributed by atoms with E-state index in [4.69, 9.17) is 5.73 Å². The zero-order chi connectivity index (χ0) is 12.9. The molecular formula is C11H14F3N3. The molecule has 0 spiro atoms. The maximum Gasteiger partial charge on any atom is 0.408 e. The summed E-state index contributed by atoms with van der Waals surface area (Å²) in [5.74, 6) is -0.210. The first-order valence-electron chi connectivity index (χ1n) is 5.06. The number of nitrogens with zero attached hydrogens (tertiary/aromatic N) is 1. The fraction of sp³-hybridized carbons (Fsp3) is 0.364. The zero-order valence-electron chi connectivity index (χ0n) is 9.33. The van der Waals surface area contributed by atoms with Crippen LogP contribution in [-0.4, -0.2) is 18.2 Å². The second kappa shape index (κ2) is 5.56. The Hall–Kier alpha value is -1.72. The molecule has 1 unspecified atom stereocenters. The molecule has 0 fully saturated rings. The van der Waals surface area contributed by atoms with Crippen molar-refractivity contribution in [1.29, 1.82) is 0 Å². The van der Waals surface area contributed by atoms with Gasteiger partial charge >= 0.3 is 6.18 Å². The minimum atomic E-state index is -4.33. The highest BCUT2D eigenvalue weighted by atomic mass is 19.4. The Kier molecular flexibility index (Phi) is 4.37. The van der Waals surface area contributed by atoms with Gasteiger partial charge < -0.3 is 11.1 Å². The van der Waals surface area contributed by atoms with Crippen molar-refractivity contribution in [2.24, 2.45) is 10.7 Å². The second-order valence-electron chi connectivity index (χ2n) is 3.59. The number of benzene rings is 1. The first-order valence-corrected chi connectivity index (χ1v) is 5.06. The SMILES string of the molecule is CC(NC(N)=NCc1ccccc1)C(F)(F)F. The maximum absolute atomic E-state index is 12.2. The van der Waals surface area contributed by atoms with Gasteiger partial charge in [-0.1, -0.05) is 30.3 Å². The summed E-state index contributed by atoms with van der Waals surface area (Å²) in [6.07, 6.45) is -4.33. The van der Waals surface area contributed by atoms with Crippen molar-refractivity contribution in [3.63, 3.8) is 0 Å². The largest absolute Gasteiger partial charge is 0.408 e. The minimum Gasteiger partial charge on any atom is -0.370 e. The van der Waals surface area contributed by atoms with Gasteiger partial charge in [0.05, 0.1) is 6.54 Å². The fourth-order valence-corrected chi connectivity index (χ4v) is 1.11. The number of hydrogen-bond acceptors (Lipinski definition) is 1. The van der Waals surface area contributed by atoms with E-state index in [9.17, 15) is 13.2 Å². The third-order valence-corrected chi connectivity index (χ3v) is 2.13. The van der Waals surface area contributed by atoms with E-state index in [0.29, 0.717) is 0 Å². The van der Waals surface area contributed by atoms with Crippen LogP contribution in [0.1, 0.15) is 12.5 Å². The molecule has 0 radical (unpaired) electrons. The lowest BCUT2D eigenvalue weighted by Gasteiger charge is -2.17. The third-order valence-electron chi connectivity index (χ3n) is 2.13. The molecule has 0 aliphatic rings. The molecule has 0 heterocycles. The lowest BCUT2D eigenvalue weighted by atomic mass is 10.2. The smallest absolute Gasteiger partial charge is 0.370 e. The van der Waals surface area contributed by atoms with Crippen molar-refractivity contribution in [2.45, 2.75) is 25.7 Å². The number of halogens is 3. The van der Waals surface area contributed by atoms with Crippen LogP contribution in [-0.2, 0) is 6.54 Å². The molecule has 1 aromatic rings. The van der Waals surface area contributed by atoms with Gasteiger partial charge in [-0.3, -0.25) is 0 Å². The molecule has 0 bridgehead atoms. The van der Waals surface area contributed by atoms with E-state index >= 15 is 0 Å². The summed E-state index contributed by atoms with van der Waals surface area (Å²) in [6.45, 7) is 1.25. The van der Waals surface area contributed by atoms with Gasteiger partial charge in [-0.25, -0.2) is 4.99 Å². The van der Waals surface area contributed by atoms with Crippen LogP contribution < -0.4 is 11.1 Å². The molecule has 1 aromatic carbocycles. The molecule has 1 atom stereocenters. The van der Waals surface area contributed by atoms with Crippen molar-refractivity contribution < 1.29 is 13.2 Å². The highest BCUT2D eigenvalue weighted by molar-refractivity contribution is 5.78.